The quantitative estimate of drug-likeness (QED) is 0.862. The van der Waals surface area contributed by atoms with Gasteiger partial charge in [0, 0.05) is 22.2 Å². The molecule has 0 bridgehead atoms. The Hall–Kier alpha value is -1.73. The van der Waals surface area contributed by atoms with Crippen molar-refractivity contribution in [1.29, 1.82) is 0 Å². The summed E-state index contributed by atoms with van der Waals surface area (Å²) in [6.45, 7) is 9.48. The second-order valence-electron chi connectivity index (χ2n) is 6.07. The molecule has 3 rings (SSSR count). The van der Waals surface area contributed by atoms with Gasteiger partial charge in [0.15, 0.2) is 6.10 Å². The number of rotatable bonds is 3. The lowest BCUT2D eigenvalue weighted by Crippen LogP contribution is -2.42. The van der Waals surface area contributed by atoms with Gasteiger partial charge >= 0.3 is 0 Å². The number of carbonyl (C=O) groups excluding carboxylic acids is 1. The van der Waals surface area contributed by atoms with Crippen LogP contribution in [0.4, 0.5) is 0 Å². The topological polar surface area (TPSA) is 68.5 Å². The number of ether oxygens (including phenoxy) is 1. The third-order valence-electron chi connectivity index (χ3n) is 3.85. The zero-order valence-electron chi connectivity index (χ0n) is 13.8. The van der Waals surface area contributed by atoms with Crippen molar-refractivity contribution in [2.75, 3.05) is 19.7 Å². The number of nitrogens with zero attached hydrogens (tertiary/aromatic N) is 3. The number of thiophene rings is 1. The van der Waals surface area contributed by atoms with Crippen LogP contribution in [-0.4, -0.2) is 40.7 Å². The smallest absolute Gasteiger partial charge is 0.255 e. The Morgan fingerprint density at radius 1 is 1.39 bits per heavy atom. The van der Waals surface area contributed by atoms with Crippen LogP contribution in [0.1, 0.15) is 57.8 Å². The summed E-state index contributed by atoms with van der Waals surface area (Å²) in [5.74, 6) is 1.26. The van der Waals surface area contributed by atoms with E-state index >= 15 is 0 Å². The van der Waals surface area contributed by atoms with Gasteiger partial charge in [0.25, 0.3) is 5.91 Å². The molecule has 0 radical (unpaired) electrons. The fourth-order valence-corrected chi connectivity index (χ4v) is 3.52. The lowest BCUT2D eigenvalue weighted by Gasteiger charge is -2.31. The van der Waals surface area contributed by atoms with Crippen LogP contribution >= 0.6 is 11.3 Å². The Bertz CT molecular complexity index is 707. The van der Waals surface area contributed by atoms with Crippen molar-refractivity contribution in [3.63, 3.8) is 0 Å². The van der Waals surface area contributed by atoms with Crippen molar-refractivity contribution in [1.82, 2.24) is 15.1 Å². The van der Waals surface area contributed by atoms with Gasteiger partial charge in [0.2, 0.25) is 11.8 Å². The van der Waals surface area contributed by atoms with E-state index < -0.39 is 0 Å². The van der Waals surface area contributed by atoms with Gasteiger partial charge in [-0.05, 0) is 19.9 Å². The zero-order chi connectivity index (χ0) is 16.6. The standard InChI is InChI=1S/C16H21N3O3S/c1-9(2)14-17-18-15(22-14)13-8-19(5-6-21-13)16(20)12-7-10(3)23-11(12)4/h7,9,13H,5-6,8H2,1-4H3/t13-/m1/s1. The summed E-state index contributed by atoms with van der Waals surface area (Å²) in [5, 5.41) is 8.11. The monoisotopic (exact) mass is 335 g/mol. The van der Waals surface area contributed by atoms with Gasteiger partial charge in [-0.3, -0.25) is 4.79 Å². The SMILES string of the molecule is Cc1cc(C(=O)N2CCO[C@@H](c3nnc(C(C)C)o3)C2)c(C)s1. The van der Waals surface area contributed by atoms with Crippen LogP contribution in [0.15, 0.2) is 10.5 Å². The molecule has 1 atom stereocenters. The molecule has 23 heavy (non-hydrogen) atoms. The summed E-state index contributed by atoms with van der Waals surface area (Å²) >= 11 is 1.65. The molecule has 1 fully saturated rings. The molecular formula is C16H21N3O3S. The highest BCUT2D eigenvalue weighted by molar-refractivity contribution is 7.12. The lowest BCUT2D eigenvalue weighted by molar-refractivity contribution is -0.0351. The van der Waals surface area contributed by atoms with E-state index in [-0.39, 0.29) is 17.9 Å². The number of hydrogen-bond acceptors (Lipinski definition) is 6. The van der Waals surface area contributed by atoms with Gasteiger partial charge in [-0.1, -0.05) is 13.8 Å². The third-order valence-corrected chi connectivity index (χ3v) is 4.82. The summed E-state index contributed by atoms with van der Waals surface area (Å²) in [4.78, 5) is 16.7. The molecule has 0 saturated carbocycles. The maximum atomic E-state index is 12.7. The molecule has 0 unspecified atom stereocenters. The maximum Gasteiger partial charge on any atom is 0.255 e. The van der Waals surface area contributed by atoms with Crippen molar-refractivity contribution >= 4 is 17.2 Å². The maximum absolute atomic E-state index is 12.7. The van der Waals surface area contributed by atoms with E-state index in [2.05, 4.69) is 10.2 Å². The molecule has 1 aliphatic heterocycles. The molecule has 3 heterocycles. The van der Waals surface area contributed by atoms with Gasteiger partial charge < -0.3 is 14.1 Å². The Morgan fingerprint density at radius 3 is 2.78 bits per heavy atom. The number of hydrogen-bond donors (Lipinski definition) is 0. The zero-order valence-corrected chi connectivity index (χ0v) is 14.6. The van der Waals surface area contributed by atoms with Crippen LogP contribution < -0.4 is 0 Å². The summed E-state index contributed by atoms with van der Waals surface area (Å²) in [7, 11) is 0. The van der Waals surface area contributed by atoms with Gasteiger partial charge in [-0.25, -0.2) is 0 Å². The normalized spacial score (nSPS) is 18.7. The van der Waals surface area contributed by atoms with Crippen molar-refractivity contribution in [3.8, 4) is 0 Å². The molecule has 0 N–H and O–H groups in total. The van der Waals surface area contributed by atoms with Crippen LogP contribution in [-0.2, 0) is 4.74 Å². The average molecular weight is 335 g/mol. The Balaban J connectivity index is 1.75. The first kappa shape index (κ1) is 16.1. The average Bonchev–Trinajstić information content (AvgIpc) is 3.13. The highest BCUT2D eigenvalue weighted by Gasteiger charge is 2.30. The summed E-state index contributed by atoms with van der Waals surface area (Å²) in [5.41, 5.74) is 0.779. The minimum absolute atomic E-state index is 0.0451. The molecule has 2 aromatic heterocycles. The van der Waals surface area contributed by atoms with Crippen LogP contribution in [0.25, 0.3) is 0 Å². The molecule has 1 aliphatic rings. The fraction of sp³-hybridized carbons (Fsp3) is 0.562. The first-order valence-electron chi connectivity index (χ1n) is 7.77. The van der Waals surface area contributed by atoms with Gasteiger partial charge in [-0.2, -0.15) is 0 Å². The Morgan fingerprint density at radius 2 is 2.17 bits per heavy atom. The molecule has 0 aromatic carbocycles. The first-order chi connectivity index (χ1) is 11.0. The predicted molar refractivity (Wildman–Crippen MR) is 86.8 cm³/mol. The highest BCUT2D eigenvalue weighted by atomic mass is 32.1. The van der Waals surface area contributed by atoms with Crippen LogP contribution in [0.5, 0.6) is 0 Å². The van der Waals surface area contributed by atoms with Gasteiger partial charge in [-0.15, -0.1) is 21.5 Å². The highest BCUT2D eigenvalue weighted by Crippen LogP contribution is 2.27. The Labute approximate surface area is 139 Å². The van der Waals surface area contributed by atoms with Crippen molar-refractivity contribution in [3.05, 3.63) is 33.2 Å². The van der Waals surface area contributed by atoms with Crippen LogP contribution in [0, 0.1) is 13.8 Å². The van der Waals surface area contributed by atoms with E-state index in [1.165, 1.54) is 0 Å². The predicted octanol–water partition coefficient (Wildman–Crippen LogP) is 3.09. The van der Waals surface area contributed by atoms with E-state index in [1.54, 1.807) is 11.3 Å². The number of carbonyl (C=O) groups is 1. The van der Waals surface area contributed by atoms with E-state index in [1.807, 2.05) is 38.7 Å². The van der Waals surface area contributed by atoms with Crippen LogP contribution in [0.3, 0.4) is 0 Å². The first-order valence-corrected chi connectivity index (χ1v) is 8.58. The molecule has 7 heteroatoms. The molecule has 0 spiro atoms. The largest absolute Gasteiger partial charge is 0.422 e. The fourth-order valence-electron chi connectivity index (χ4n) is 2.61. The molecule has 1 saturated heterocycles. The summed E-state index contributed by atoms with van der Waals surface area (Å²) < 4.78 is 11.4. The number of aromatic nitrogens is 2. The third kappa shape index (κ3) is 3.30. The molecule has 1 amide bonds. The summed E-state index contributed by atoms with van der Waals surface area (Å²) in [6, 6.07) is 1.95. The Kier molecular flexibility index (Phi) is 4.50. The lowest BCUT2D eigenvalue weighted by atomic mass is 10.2. The molecule has 0 aliphatic carbocycles. The summed E-state index contributed by atoms with van der Waals surface area (Å²) in [6.07, 6.45) is -0.354. The van der Waals surface area contributed by atoms with Gasteiger partial charge in [0.1, 0.15) is 0 Å². The molecule has 124 valence electrons. The molecule has 2 aromatic rings. The molecule has 6 nitrogen and oxygen atoms in total. The number of aryl methyl sites for hydroxylation is 2. The molecular weight excluding hydrogens is 314 g/mol. The van der Waals surface area contributed by atoms with E-state index in [0.717, 1.165) is 15.3 Å². The minimum Gasteiger partial charge on any atom is -0.422 e. The second kappa shape index (κ2) is 6.41. The minimum atomic E-state index is -0.354. The number of morpholine rings is 1. The van der Waals surface area contributed by atoms with Gasteiger partial charge in [0.05, 0.1) is 18.7 Å². The van der Waals surface area contributed by atoms with Crippen molar-refractivity contribution in [2.24, 2.45) is 0 Å². The second-order valence-corrected chi connectivity index (χ2v) is 7.53. The van der Waals surface area contributed by atoms with Crippen molar-refractivity contribution < 1.29 is 13.9 Å². The van der Waals surface area contributed by atoms with Crippen LogP contribution in [0.2, 0.25) is 0 Å². The number of amides is 1. The van der Waals surface area contributed by atoms with E-state index in [4.69, 9.17) is 9.15 Å². The van der Waals surface area contributed by atoms with Crippen molar-refractivity contribution in [2.45, 2.75) is 39.7 Å². The van der Waals surface area contributed by atoms with E-state index in [9.17, 15) is 4.79 Å². The van der Waals surface area contributed by atoms with E-state index in [0.29, 0.717) is 31.5 Å².